The molecule has 0 bridgehead atoms. The number of aliphatic carboxylic acids is 2. The van der Waals surface area contributed by atoms with E-state index in [2.05, 4.69) is 0 Å². The summed E-state index contributed by atoms with van der Waals surface area (Å²) < 4.78 is 11.6. The van der Waals surface area contributed by atoms with E-state index < -0.39 is 23.5 Å². The minimum atomic E-state index is -0.906. The molecule has 0 unspecified atom stereocenters. The fourth-order valence-electron chi connectivity index (χ4n) is 4.22. The van der Waals surface area contributed by atoms with Crippen LogP contribution in [-0.2, 0) is 9.59 Å². The predicted molar refractivity (Wildman–Crippen MR) is 130 cm³/mol. The molecule has 0 spiro atoms. The molecule has 2 aliphatic rings. The summed E-state index contributed by atoms with van der Waals surface area (Å²) in [5, 5.41) is 18.0. The minimum Gasteiger partial charge on any atom is -0.481 e. The van der Waals surface area contributed by atoms with Gasteiger partial charge in [0.25, 0.3) is 0 Å². The van der Waals surface area contributed by atoms with Gasteiger partial charge in [0.2, 0.25) is 23.1 Å². The first-order valence-electron chi connectivity index (χ1n) is 11.6. The lowest BCUT2D eigenvalue weighted by Crippen LogP contribution is -2.25. The largest absolute Gasteiger partial charge is 0.481 e. The molecule has 36 heavy (non-hydrogen) atoms. The molecule has 0 amide bonds. The number of rotatable bonds is 10. The number of allylic oxidation sites excluding steroid dienone is 2. The molecule has 2 heterocycles. The zero-order chi connectivity index (χ0) is 26.0. The van der Waals surface area contributed by atoms with Crippen LogP contribution in [-0.4, -0.2) is 59.9 Å². The Bertz CT molecular complexity index is 1190. The molecule has 2 aromatic rings. The van der Waals surface area contributed by atoms with Gasteiger partial charge >= 0.3 is 11.9 Å². The Morgan fingerprint density at radius 1 is 0.722 bits per heavy atom. The lowest BCUT2D eigenvalue weighted by atomic mass is 10.1. The fraction of sp³-hybridized carbons (Fsp3) is 0.308. The van der Waals surface area contributed by atoms with Crippen LogP contribution in [0.4, 0.5) is 11.4 Å². The number of hydrogen-bond acceptors (Lipinski definition) is 8. The normalized spacial score (nSPS) is 15.7. The van der Waals surface area contributed by atoms with Gasteiger partial charge in [-0.25, -0.2) is 0 Å². The van der Waals surface area contributed by atoms with Crippen LogP contribution >= 0.6 is 0 Å². The van der Waals surface area contributed by atoms with E-state index in [9.17, 15) is 19.2 Å². The van der Waals surface area contributed by atoms with Gasteiger partial charge in [-0.05, 0) is 38.1 Å². The minimum absolute atomic E-state index is 0.0334. The summed E-state index contributed by atoms with van der Waals surface area (Å²) in [6.45, 7) is 5.52. The molecule has 2 aliphatic heterocycles. The second kappa shape index (κ2) is 10.1. The summed E-state index contributed by atoms with van der Waals surface area (Å²) in [6.07, 6.45) is -0.0667. The third kappa shape index (κ3) is 4.74. The molecule has 0 atom stereocenters. The van der Waals surface area contributed by atoms with Crippen LogP contribution in [0.3, 0.4) is 0 Å². The van der Waals surface area contributed by atoms with E-state index in [1.165, 1.54) is 0 Å². The third-order valence-corrected chi connectivity index (χ3v) is 6.15. The molecule has 0 aliphatic carbocycles. The molecular formula is C26H26N2O8. The van der Waals surface area contributed by atoms with Crippen molar-refractivity contribution in [2.24, 2.45) is 0 Å². The molecule has 0 fully saturated rings. The number of carboxylic acids is 2. The van der Waals surface area contributed by atoms with Gasteiger partial charge in [-0.2, -0.15) is 0 Å². The van der Waals surface area contributed by atoms with Gasteiger partial charge in [-0.3, -0.25) is 19.2 Å². The Morgan fingerprint density at radius 3 is 1.44 bits per heavy atom. The zero-order valence-corrected chi connectivity index (χ0v) is 19.9. The maximum absolute atomic E-state index is 13.0. The van der Waals surface area contributed by atoms with Gasteiger partial charge in [0, 0.05) is 49.7 Å². The number of carbonyl (C=O) groups excluding carboxylic acids is 2. The average Bonchev–Trinajstić information content (AvgIpc) is 3.35. The number of anilines is 2. The lowest BCUT2D eigenvalue weighted by Gasteiger charge is -2.22. The third-order valence-electron chi connectivity index (χ3n) is 6.15. The highest BCUT2D eigenvalue weighted by molar-refractivity contribution is 6.21. The van der Waals surface area contributed by atoms with Crippen molar-refractivity contribution in [3.05, 3.63) is 59.0 Å². The molecule has 10 nitrogen and oxygen atoms in total. The number of nitrogens with zero attached hydrogens (tertiary/aromatic N) is 2. The molecule has 10 heteroatoms. The number of benzene rings is 2. The van der Waals surface area contributed by atoms with Crippen LogP contribution < -0.4 is 19.3 Å². The van der Waals surface area contributed by atoms with Gasteiger partial charge in [0.05, 0.1) is 24.0 Å². The molecule has 0 radical (unpaired) electrons. The smallest absolute Gasteiger partial charge is 0.305 e. The van der Waals surface area contributed by atoms with Crippen LogP contribution in [0.5, 0.6) is 11.5 Å². The van der Waals surface area contributed by atoms with Crippen molar-refractivity contribution in [3.63, 3.8) is 0 Å². The van der Waals surface area contributed by atoms with Gasteiger partial charge in [0.15, 0.2) is 0 Å². The van der Waals surface area contributed by atoms with Crippen LogP contribution in [0.15, 0.2) is 47.9 Å². The van der Waals surface area contributed by atoms with Crippen LogP contribution in [0.1, 0.15) is 47.4 Å². The average molecular weight is 495 g/mol. The number of ether oxygens (including phenoxy) is 2. The Hall–Kier alpha value is -4.34. The van der Waals surface area contributed by atoms with Crippen molar-refractivity contribution in [3.8, 4) is 11.5 Å². The molecular weight excluding hydrogens is 468 g/mol. The molecule has 0 saturated carbocycles. The van der Waals surface area contributed by atoms with Crippen molar-refractivity contribution < 1.29 is 38.9 Å². The van der Waals surface area contributed by atoms with Gasteiger partial charge in [0.1, 0.15) is 11.5 Å². The standard InChI is InChI=1S/C26H26N2O8/c1-3-27(11-9-21(29)30)15-5-7-17-19(13-15)35-25(23(17)33)26-24(34)18-8-6-16(14-20(18)36-26)28(4-2)12-10-22(31)32/h5-8,13-14H,3-4,9-12H2,1-2H3,(H,29,30)(H,31,32). The highest BCUT2D eigenvalue weighted by Crippen LogP contribution is 2.40. The first kappa shape index (κ1) is 24.8. The zero-order valence-electron chi connectivity index (χ0n) is 19.9. The second-order valence-corrected chi connectivity index (χ2v) is 8.33. The van der Waals surface area contributed by atoms with Gasteiger partial charge < -0.3 is 29.5 Å². The summed E-state index contributed by atoms with van der Waals surface area (Å²) in [5.74, 6) is -2.61. The summed E-state index contributed by atoms with van der Waals surface area (Å²) in [6, 6.07) is 9.92. The highest BCUT2D eigenvalue weighted by atomic mass is 16.5. The van der Waals surface area contributed by atoms with Crippen molar-refractivity contribution in [1.82, 2.24) is 0 Å². The maximum atomic E-state index is 13.0. The Balaban J connectivity index is 1.59. The number of Topliss-reactive ketones (excluding diaryl/α,β-unsaturated/α-hetero) is 2. The number of carbonyl (C=O) groups is 4. The fourth-order valence-corrected chi connectivity index (χ4v) is 4.22. The van der Waals surface area contributed by atoms with Crippen molar-refractivity contribution in [2.75, 3.05) is 36.0 Å². The van der Waals surface area contributed by atoms with E-state index >= 15 is 0 Å². The molecule has 2 N–H and O–H groups in total. The number of hydrogen-bond donors (Lipinski definition) is 2. The molecule has 0 aromatic heterocycles. The molecule has 4 rings (SSSR count). The van der Waals surface area contributed by atoms with Crippen molar-refractivity contribution in [1.29, 1.82) is 0 Å². The molecule has 0 saturated heterocycles. The number of carboxylic acid groups (broad SMARTS) is 2. The van der Waals surface area contributed by atoms with Gasteiger partial charge in [-0.15, -0.1) is 0 Å². The van der Waals surface area contributed by atoms with E-state index in [1.54, 1.807) is 36.4 Å². The summed E-state index contributed by atoms with van der Waals surface area (Å²) >= 11 is 0. The first-order valence-corrected chi connectivity index (χ1v) is 11.6. The van der Waals surface area contributed by atoms with E-state index in [4.69, 9.17) is 19.7 Å². The summed E-state index contributed by atoms with van der Waals surface area (Å²) in [4.78, 5) is 51.7. The van der Waals surface area contributed by atoms with Crippen LogP contribution in [0.2, 0.25) is 0 Å². The maximum Gasteiger partial charge on any atom is 0.305 e. The van der Waals surface area contributed by atoms with Gasteiger partial charge in [-0.1, -0.05) is 0 Å². The number of fused-ring (bicyclic) bond motifs is 2. The van der Waals surface area contributed by atoms with Crippen molar-refractivity contribution in [2.45, 2.75) is 26.7 Å². The Labute approximate surface area is 207 Å². The lowest BCUT2D eigenvalue weighted by molar-refractivity contribution is -0.137. The summed E-state index contributed by atoms with van der Waals surface area (Å²) in [7, 11) is 0. The van der Waals surface area contributed by atoms with E-state index in [0.29, 0.717) is 37.6 Å². The molecule has 2 aromatic carbocycles. The van der Waals surface area contributed by atoms with E-state index in [0.717, 1.165) is 0 Å². The van der Waals surface area contributed by atoms with E-state index in [-0.39, 0.29) is 47.0 Å². The SMILES string of the molecule is CCN(CCC(=O)O)c1ccc2c(c1)OC(=C1Oc3cc(N(CC)CCC(=O)O)ccc3C1=O)C2=O. The quantitative estimate of drug-likeness (QED) is 0.474. The first-order chi connectivity index (χ1) is 17.2. The predicted octanol–water partition coefficient (Wildman–Crippen LogP) is 3.35. The Kier molecular flexibility index (Phi) is 6.96. The van der Waals surface area contributed by atoms with E-state index in [1.807, 2.05) is 23.6 Å². The highest BCUT2D eigenvalue weighted by Gasteiger charge is 2.39. The van der Waals surface area contributed by atoms with Crippen LogP contribution in [0.25, 0.3) is 0 Å². The monoisotopic (exact) mass is 494 g/mol. The summed E-state index contributed by atoms with van der Waals surface area (Å²) in [5.41, 5.74) is 1.97. The van der Waals surface area contributed by atoms with Crippen LogP contribution in [0, 0.1) is 0 Å². The Morgan fingerprint density at radius 2 is 1.11 bits per heavy atom. The number of ketones is 2. The second-order valence-electron chi connectivity index (χ2n) is 8.33. The van der Waals surface area contributed by atoms with Crippen molar-refractivity contribution >= 4 is 34.9 Å². The topological polar surface area (TPSA) is 134 Å². The molecule has 188 valence electrons.